The molecule has 1 aromatic carbocycles. The zero-order chi connectivity index (χ0) is 26.9. The molecule has 1 fully saturated rings. The highest BCUT2D eigenvalue weighted by atomic mass is 32.1. The number of halogens is 3. The van der Waals surface area contributed by atoms with Gasteiger partial charge in [-0.3, -0.25) is 10.1 Å². The smallest absolute Gasteiger partial charge is 0.416 e. The molecule has 1 saturated carbocycles. The maximum absolute atomic E-state index is 13.4. The monoisotopic (exact) mass is 546 g/mol. The van der Waals surface area contributed by atoms with Gasteiger partial charge in [0.1, 0.15) is 17.7 Å². The molecule has 1 amide bonds. The van der Waals surface area contributed by atoms with Gasteiger partial charge in [0, 0.05) is 5.56 Å². The number of aromatic nitrogens is 3. The highest BCUT2D eigenvalue weighted by Gasteiger charge is 2.45. The van der Waals surface area contributed by atoms with Gasteiger partial charge in [-0.2, -0.15) is 13.2 Å². The van der Waals surface area contributed by atoms with Crippen molar-refractivity contribution in [3.63, 3.8) is 0 Å². The lowest BCUT2D eigenvalue weighted by Gasteiger charge is -2.40. The van der Waals surface area contributed by atoms with E-state index in [-0.39, 0.29) is 34.8 Å². The van der Waals surface area contributed by atoms with Crippen molar-refractivity contribution < 1.29 is 32.2 Å². The van der Waals surface area contributed by atoms with Crippen LogP contribution in [0, 0.1) is 0 Å². The quantitative estimate of drug-likeness (QED) is 0.271. The van der Waals surface area contributed by atoms with E-state index >= 15 is 0 Å². The molecule has 0 saturated heterocycles. The van der Waals surface area contributed by atoms with Crippen LogP contribution in [0.4, 0.5) is 18.3 Å². The number of rotatable bonds is 7. The maximum atomic E-state index is 13.4. The van der Waals surface area contributed by atoms with E-state index in [9.17, 15) is 18.0 Å². The Morgan fingerprint density at radius 3 is 2.71 bits per heavy atom. The number of anilines is 1. The molecule has 1 spiro atoms. The van der Waals surface area contributed by atoms with Gasteiger partial charge in [-0.05, 0) is 50.3 Å². The number of hydrogen-bond donors (Lipinski definition) is 1. The second-order valence-corrected chi connectivity index (χ2v) is 10.0. The van der Waals surface area contributed by atoms with Crippen LogP contribution in [0.3, 0.4) is 0 Å². The number of ether oxygens (including phenoxy) is 3. The largest absolute Gasteiger partial charge is 0.481 e. The Kier molecular flexibility index (Phi) is 6.99. The molecule has 8 nitrogen and oxygen atoms in total. The van der Waals surface area contributed by atoms with Gasteiger partial charge < -0.3 is 14.2 Å². The number of benzene rings is 1. The van der Waals surface area contributed by atoms with Crippen LogP contribution in [0.25, 0.3) is 11.3 Å². The third-order valence-electron chi connectivity index (χ3n) is 6.55. The van der Waals surface area contributed by atoms with Gasteiger partial charge in [0.2, 0.25) is 11.8 Å². The summed E-state index contributed by atoms with van der Waals surface area (Å²) in [5, 5.41) is 3.05. The molecule has 1 aliphatic carbocycles. The molecule has 12 heteroatoms. The molecule has 3 heterocycles. The Hall–Kier alpha value is -3.67. The minimum absolute atomic E-state index is 0.00563. The van der Waals surface area contributed by atoms with Crippen molar-refractivity contribution in [2.24, 2.45) is 0 Å². The summed E-state index contributed by atoms with van der Waals surface area (Å²) < 4.78 is 57.5. The van der Waals surface area contributed by atoms with Crippen LogP contribution in [0.1, 0.15) is 59.3 Å². The first kappa shape index (κ1) is 26.0. The fourth-order valence-electron chi connectivity index (χ4n) is 4.76. The zero-order valence-corrected chi connectivity index (χ0v) is 21.4. The molecule has 5 rings (SSSR count). The Morgan fingerprint density at radius 2 is 2.00 bits per heavy atom. The van der Waals surface area contributed by atoms with Gasteiger partial charge in [0.15, 0.2) is 10.7 Å². The average molecular weight is 547 g/mol. The molecule has 0 radical (unpaired) electrons. The predicted octanol–water partition coefficient (Wildman–Crippen LogP) is 6.39. The van der Waals surface area contributed by atoms with Crippen LogP contribution in [0.15, 0.2) is 37.2 Å². The highest BCUT2D eigenvalue weighted by Crippen LogP contribution is 2.54. The Morgan fingerprint density at radius 1 is 1.24 bits per heavy atom. The molecule has 1 N–H and O–H groups in total. The first-order chi connectivity index (χ1) is 18.3. The van der Waals surface area contributed by atoms with Crippen molar-refractivity contribution in [2.75, 3.05) is 19.0 Å². The van der Waals surface area contributed by atoms with Crippen molar-refractivity contribution >= 4 is 22.4 Å². The maximum Gasteiger partial charge on any atom is 0.416 e. The first-order valence-electron chi connectivity index (χ1n) is 12.1. The minimum atomic E-state index is -4.50. The molecule has 0 atom stereocenters. The van der Waals surface area contributed by atoms with E-state index in [1.807, 2.05) is 0 Å². The van der Waals surface area contributed by atoms with Gasteiger partial charge in [-0.15, -0.1) is 6.58 Å². The second kappa shape index (κ2) is 10.2. The second-order valence-electron chi connectivity index (χ2n) is 9.01. The Labute approximate surface area is 220 Å². The zero-order valence-electron chi connectivity index (χ0n) is 20.6. The van der Waals surface area contributed by atoms with Crippen molar-refractivity contribution in [2.45, 2.75) is 50.3 Å². The van der Waals surface area contributed by atoms with Gasteiger partial charge in [-0.25, -0.2) is 15.0 Å². The van der Waals surface area contributed by atoms with E-state index in [0.29, 0.717) is 30.5 Å². The third kappa shape index (κ3) is 4.80. The minimum Gasteiger partial charge on any atom is -0.481 e. The Balaban J connectivity index is 1.52. The van der Waals surface area contributed by atoms with E-state index in [1.165, 1.54) is 30.8 Å². The number of alkyl halides is 3. The summed E-state index contributed by atoms with van der Waals surface area (Å²) in [6, 6.07) is 3.42. The summed E-state index contributed by atoms with van der Waals surface area (Å²) in [4.78, 5) is 26.9. The number of carbonyl (C=O) groups is 1. The van der Waals surface area contributed by atoms with Crippen LogP contribution in [0.5, 0.6) is 17.5 Å². The van der Waals surface area contributed by atoms with Crippen LogP contribution in [0.2, 0.25) is 0 Å². The lowest BCUT2D eigenvalue weighted by Crippen LogP contribution is -2.37. The fourth-order valence-corrected chi connectivity index (χ4v) is 5.92. The Bertz CT molecular complexity index is 1370. The lowest BCUT2D eigenvalue weighted by molar-refractivity contribution is -0.137. The number of amides is 1. The van der Waals surface area contributed by atoms with Gasteiger partial charge >= 0.3 is 6.18 Å². The van der Waals surface area contributed by atoms with E-state index in [0.717, 1.165) is 36.3 Å². The average Bonchev–Trinajstić information content (AvgIpc) is 3.33. The summed E-state index contributed by atoms with van der Waals surface area (Å²) in [6.45, 7) is 3.91. The summed E-state index contributed by atoms with van der Waals surface area (Å²) in [5.41, 5.74) is -0.602. The topological polar surface area (TPSA) is 95.5 Å². The molecule has 0 unspecified atom stereocenters. The molecule has 3 aromatic rings. The van der Waals surface area contributed by atoms with Crippen molar-refractivity contribution in [3.8, 4) is 28.8 Å². The highest BCUT2D eigenvalue weighted by molar-refractivity contribution is 7.16. The number of fused-ring (bicyclic) bond motifs is 4. The summed E-state index contributed by atoms with van der Waals surface area (Å²) in [7, 11) is 1.38. The standard InChI is InChI=1S/C26H25F3N4O4S/c1-3-4-12-36-23-18(22(35-2)30-14-31-23)21(34)33-24-32-19-16-9-8-15(26(27,28)29)13-17(16)37-25(20(19)38-24)10-6-5-7-11-25/h3,8-9,13-14H,1,4-7,10-12H2,2H3,(H,32,33,34). The summed E-state index contributed by atoms with van der Waals surface area (Å²) in [6.07, 6.45) is 3.01. The fraction of sp³-hybridized carbons (Fsp3) is 0.385. The van der Waals surface area contributed by atoms with E-state index in [4.69, 9.17) is 14.2 Å². The van der Waals surface area contributed by atoms with Gasteiger partial charge in [0.25, 0.3) is 5.91 Å². The first-order valence-corrected chi connectivity index (χ1v) is 12.9. The predicted molar refractivity (Wildman–Crippen MR) is 135 cm³/mol. The van der Waals surface area contributed by atoms with Crippen molar-refractivity contribution in [1.82, 2.24) is 15.0 Å². The number of hydrogen-bond acceptors (Lipinski definition) is 8. The van der Waals surface area contributed by atoms with Crippen LogP contribution in [-0.4, -0.2) is 34.6 Å². The molecule has 2 aliphatic rings. The summed E-state index contributed by atoms with van der Waals surface area (Å²) in [5.74, 6) is -0.360. The molecule has 0 bridgehead atoms. The van der Waals surface area contributed by atoms with Crippen molar-refractivity contribution in [1.29, 1.82) is 0 Å². The lowest BCUT2D eigenvalue weighted by atomic mass is 9.80. The van der Waals surface area contributed by atoms with E-state index in [1.54, 1.807) is 6.08 Å². The number of nitrogens with zero attached hydrogens (tertiary/aromatic N) is 3. The van der Waals surface area contributed by atoms with Crippen LogP contribution < -0.4 is 19.5 Å². The third-order valence-corrected chi connectivity index (χ3v) is 7.71. The van der Waals surface area contributed by atoms with Crippen LogP contribution in [-0.2, 0) is 11.8 Å². The molecule has 200 valence electrons. The molecule has 1 aliphatic heterocycles. The molecular weight excluding hydrogens is 521 g/mol. The molecular formula is C26H25F3N4O4S. The van der Waals surface area contributed by atoms with Crippen molar-refractivity contribution in [3.05, 3.63) is 53.2 Å². The van der Waals surface area contributed by atoms with Gasteiger partial charge in [-0.1, -0.05) is 23.8 Å². The number of thiazole rings is 1. The molecule has 2 aromatic heterocycles. The summed E-state index contributed by atoms with van der Waals surface area (Å²) >= 11 is 1.25. The number of methoxy groups -OCH3 is 1. The molecule has 38 heavy (non-hydrogen) atoms. The normalized spacial score (nSPS) is 15.7. The SMILES string of the molecule is C=CCCOc1ncnc(OC)c1C(=O)Nc1nc2c(s1)C1(CCCCC1)Oc1cc(C(F)(F)F)ccc1-2. The van der Waals surface area contributed by atoms with E-state index < -0.39 is 23.2 Å². The van der Waals surface area contributed by atoms with Gasteiger partial charge in [0.05, 0.1) is 29.9 Å². The number of nitrogens with one attached hydrogen (secondary N) is 1. The van der Waals surface area contributed by atoms with Crippen LogP contribution >= 0.6 is 11.3 Å². The number of carbonyl (C=O) groups excluding carboxylic acids is 1. The van der Waals surface area contributed by atoms with E-state index in [2.05, 4.69) is 26.8 Å².